The summed E-state index contributed by atoms with van der Waals surface area (Å²) >= 11 is 0. The Balaban J connectivity index is 2.12. The second kappa shape index (κ2) is 8.36. The molecule has 2 aromatic rings. The highest BCUT2D eigenvalue weighted by Crippen LogP contribution is 2.38. The molecular weight excluding hydrogens is 370 g/mol. The molecule has 152 valence electrons. The summed E-state index contributed by atoms with van der Waals surface area (Å²) < 4.78 is 5.42. The first-order valence-electron chi connectivity index (χ1n) is 9.26. The number of rotatable bonds is 7. The van der Waals surface area contributed by atoms with Crippen molar-refractivity contribution in [2.45, 2.75) is 0 Å². The van der Waals surface area contributed by atoms with E-state index in [1.807, 2.05) is 31.1 Å². The zero-order valence-corrected chi connectivity index (χ0v) is 17.0. The maximum atomic E-state index is 13.4. The molecule has 29 heavy (non-hydrogen) atoms. The van der Waals surface area contributed by atoms with E-state index >= 15 is 0 Å². The molecule has 0 saturated heterocycles. The van der Waals surface area contributed by atoms with E-state index in [0.29, 0.717) is 17.0 Å². The Morgan fingerprint density at radius 1 is 0.966 bits per heavy atom. The summed E-state index contributed by atoms with van der Waals surface area (Å²) in [5, 5.41) is 9.37. The van der Waals surface area contributed by atoms with Crippen molar-refractivity contribution in [2.24, 2.45) is 0 Å². The predicted molar refractivity (Wildman–Crippen MR) is 113 cm³/mol. The van der Waals surface area contributed by atoms with Gasteiger partial charge in [0.15, 0.2) is 0 Å². The number of aliphatic hydroxyl groups is 1. The third kappa shape index (κ3) is 3.69. The van der Waals surface area contributed by atoms with Gasteiger partial charge in [-0.25, -0.2) is 4.90 Å². The van der Waals surface area contributed by atoms with Crippen LogP contribution in [0.15, 0.2) is 54.2 Å². The first-order chi connectivity index (χ1) is 13.9. The van der Waals surface area contributed by atoms with E-state index in [9.17, 15) is 14.7 Å². The molecule has 7 nitrogen and oxygen atoms in total. The van der Waals surface area contributed by atoms with Gasteiger partial charge in [-0.1, -0.05) is 18.2 Å². The average Bonchev–Trinajstić information content (AvgIpc) is 2.98. The van der Waals surface area contributed by atoms with E-state index in [4.69, 9.17) is 4.74 Å². The number of nitrogens with zero attached hydrogens (tertiary/aromatic N) is 3. The molecule has 2 aromatic carbocycles. The van der Waals surface area contributed by atoms with Crippen LogP contribution in [0.5, 0.6) is 5.75 Å². The van der Waals surface area contributed by atoms with Crippen LogP contribution in [-0.2, 0) is 9.59 Å². The largest absolute Gasteiger partial charge is 0.496 e. The number of amides is 2. The van der Waals surface area contributed by atoms with Crippen molar-refractivity contribution < 1.29 is 19.4 Å². The molecule has 2 amide bonds. The number of carbonyl (C=O) groups is 2. The van der Waals surface area contributed by atoms with Gasteiger partial charge in [0.05, 0.1) is 25.0 Å². The van der Waals surface area contributed by atoms with Crippen LogP contribution in [0.1, 0.15) is 5.56 Å². The summed E-state index contributed by atoms with van der Waals surface area (Å²) in [6.45, 7) is 0.0820. The molecule has 0 unspecified atom stereocenters. The van der Waals surface area contributed by atoms with Gasteiger partial charge < -0.3 is 19.6 Å². The van der Waals surface area contributed by atoms with Crippen molar-refractivity contribution in [3.05, 3.63) is 59.8 Å². The molecule has 0 bridgehead atoms. The van der Waals surface area contributed by atoms with E-state index in [2.05, 4.69) is 0 Å². The van der Waals surface area contributed by atoms with Gasteiger partial charge in [-0.2, -0.15) is 0 Å². The Kier molecular flexibility index (Phi) is 5.89. The van der Waals surface area contributed by atoms with Crippen molar-refractivity contribution in [3.8, 4) is 5.75 Å². The molecule has 1 N–H and O–H groups in total. The van der Waals surface area contributed by atoms with Crippen LogP contribution >= 0.6 is 0 Å². The summed E-state index contributed by atoms with van der Waals surface area (Å²) in [4.78, 5) is 31.4. The normalized spacial score (nSPS) is 13.9. The lowest BCUT2D eigenvalue weighted by molar-refractivity contribution is -0.120. The number of hydrogen-bond donors (Lipinski definition) is 1. The zero-order chi connectivity index (χ0) is 21.1. The minimum absolute atomic E-state index is 0.141. The molecule has 0 radical (unpaired) electrons. The van der Waals surface area contributed by atoms with Gasteiger partial charge in [-0.05, 0) is 30.3 Å². The third-order valence-corrected chi connectivity index (χ3v) is 4.88. The van der Waals surface area contributed by atoms with Crippen LogP contribution < -0.4 is 14.5 Å². The average molecular weight is 395 g/mol. The molecule has 0 saturated carbocycles. The zero-order valence-electron chi connectivity index (χ0n) is 17.0. The highest BCUT2D eigenvalue weighted by Gasteiger charge is 2.42. The summed E-state index contributed by atoms with van der Waals surface area (Å²) in [7, 11) is 7.05. The number of aliphatic hydroxyl groups excluding tert-OH is 1. The number of imide groups is 1. The fourth-order valence-electron chi connectivity index (χ4n) is 3.36. The molecule has 0 fully saturated rings. The van der Waals surface area contributed by atoms with Gasteiger partial charge >= 0.3 is 0 Å². The first kappa shape index (κ1) is 20.4. The van der Waals surface area contributed by atoms with Crippen LogP contribution in [0.2, 0.25) is 0 Å². The third-order valence-electron chi connectivity index (χ3n) is 4.88. The topological polar surface area (TPSA) is 73.3 Å². The van der Waals surface area contributed by atoms with Crippen molar-refractivity contribution in [1.29, 1.82) is 0 Å². The van der Waals surface area contributed by atoms with Crippen molar-refractivity contribution >= 4 is 28.8 Å². The van der Waals surface area contributed by atoms with Crippen LogP contribution in [0.4, 0.5) is 11.4 Å². The predicted octanol–water partition coefficient (Wildman–Crippen LogP) is 1.97. The standard InChI is InChI=1S/C22H25N3O4/c1-23(2)15-9-11-16(12-10-15)25-21(27)19(17-7-5-6-8-18(17)29-4)20(22(25)28)24(3)13-14-26/h5-12,26H,13-14H2,1-4H3. The lowest BCUT2D eigenvalue weighted by Gasteiger charge is -2.21. The minimum atomic E-state index is -0.426. The number of likely N-dealkylation sites (N-methyl/N-ethyl adjacent to an activating group) is 1. The molecule has 0 aliphatic carbocycles. The number of hydrogen-bond acceptors (Lipinski definition) is 6. The van der Waals surface area contributed by atoms with Gasteiger partial charge in [0.2, 0.25) is 0 Å². The maximum absolute atomic E-state index is 13.4. The summed E-state index contributed by atoms with van der Waals surface area (Å²) in [6, 6.07) is 14.3. The molecule has 0 atom stereocenters. The minimum Gasteiger partial charge on any atom is -0.496 e. The van der Waals surface area contributed by atoms with Crippen molar-refractivity contribution in [2.75, 3.05) is 51.2 Å². The smallest absolute Gasteiger partial charge is 0.282 e. The molecule has 7 heteroatoms. The van der Waals surface area contributed by atoms with Gasteiger partial charge in [-0.3, -0.25) is 9.59 Å². The summed E-state index contributed by atoms with van der Waals surface area (Å²) in [5.41, 5.74) is 2.50. The quantitative estimate of drug-likeness (QED) is 0.723. The highest BCUT2D eigenvalue weighted by molar-refractivity contribution is 6.45. The molecule has 1 heterocycles. The van der Waals surface area contributed by atoms with Gasteiger partial charge in [0, 0.05) is 38.9 Å². The Hall–Kier alpha value is -3.32. The van der Waals surface area contributed by atoms with E-state index in [0.717, 1.165) is 5.69 Å². The van der Waals surface area contributed by atoms with Crippen LogP contribution in [0.3, 0.4) is 0 Å². The second-order valence-electron chi connectivity index (χ2n) is 6.93. The van der Waals surface area contributed by atoms with Crippen LogP contribution in [0, 0.1) is 0 Å². The molecular formula is C22H25N3O4. The van der Waals surface area contributed by atoms with Crippen molar-refractivity contribution in [3.63, 3.8) is 0 Å². The number of benzene rings is 2. The Morgan fingerprint density at radius 3 is 2.21 bits per heavy atom. The van der Waals surface area contributed by atoms with Crippen molar-refractivity contribution in [1.82, 2.24) is 4.90 Å². The number of para-hydroxylation sites is 1. The van der Waals surface area contributed by atoms with Gasteiger partial charge in [0.1, 0.15) is 11.4 Å². The second-order valence-corrected chi connectivity index (χ2v) is 6.93. The lowest BCUT2D eigenvalue weighted by atomic mass is 10.0. The monoisotopic (exact) mass is 395 g/mol. The van der Waals surface area contributed by atoms with Gasteiger partial charge in [0.25, 0.3) is 11.8 Å². The van der Waals surface area contributed by atoms with E-state index in [1.54, 1.807) is 48.3 Å². The Bertz CT molecular complexity index is 951. The molecule has 3 rings (SSSR count). The number of methoxy groups -OCH3 is 1. The van der Waals surface area contributed by atoms with E-state index in [1.165, 1.54) is 12.0 Å². The SMILES string of the molecule is COc1ccccc1C1=C(N(C)CCO)C(=O)N(c2ccc(N(C)C)cc2)C1=O. The number of carbonyl (C=O) groups excluding carboxylic acids is 2. The Morgan fingerprint density at radius 2 is 1.62 bits per heavy atom. The van der Waals surface area contributed by atoms with E-state index < -0.39 is 11.8 Å². The molecule has 0 spiro atoms. The van der Waals surface area contributed by atoms with E-state index in [-0.39, 0.29) is 24.4 Å². The molecule has 1 aliphatic heterocycles. The van der Waals surface area contributed by atoms with Gasteiger partial charge in [-0.15, -0.1) is 0 Å². The maximum Gasteiger partial charge on any atom is 0.282 e. The number of ether oxygens (including phenoxy) is 1. The molecule has 0 aromatic heterocycles. The molecule has 1 aliphatic rings. The summed E-state index contributed by atoms with van der Waals surface area (Å²) in [5.74, 6) is -0.343. The highest BCUT2D eigenvalue weighted by atomic mass is 16.5. The summed E-state index contributed by atoms with van der Waals surface area (Å²) in [6.07, 6.45) is 0. The van der Waals surface area contributed by atoms with Crippen LogP contribution in [0.25, 0.3) is 5.57 Å². The van der Waals surface area contributed by atoms with Crippen LogP contribution in [-0.4, -0.2) is 63.2 Å². The fourth-order valence-corrected chi connectivity index (χ4v) is 3.36. The first-order valence-corrected chi connectivity index (χ1v) is 9.26. The number of anilines is 2. The lowest BCUT2D eigenvalue weighted by Crippen LogP contribution is -2.34. The fraction of sp³-hybridized carbons (Fsp3) is 0.273. The Labute approximate surface area is 170 Å².